The number of carbonyl (C=O) groups is 1. The van der Waals surface area contributed by atoms with Gasteiger partial charge in [-0.25, -0.2) is 0 Å². The number of amides is 1. The van der Waals surface area contributed by atoms with E-state index in [1.165, 1.54) is 0 Å². The van der Waals surface area contributed by atoms with E-state index in [0.29, 0.717) is 12.3 Å². The Labute approximate surface area is 91.8 Å². The molecule has 16 heavy (non-hydrogen) atoms. The molecule has 1 heterocycles. The van der Waals surface area contributed by atoms with Crippen LogP contribution in [0.4, 0.5) is 13.2 Å². The average molecular weight is 236 g/mol. The highest BCUT2D eigenvalue weighted by molar-refractivity contribution is 5.76. The third kappa shape index (κ3) is 2.87. The lowest BCUT2D eigenvalue weighted by Crippen LogP contribution is -2.45. The fourth-order valence-electron chi connectivity index (χ4n) is 2.02. The van der Waals surface area contributed by atoms with Crippen LogP contribution >= 0.6 is 0 Å². The first-order chi connectivity index (χ1) is 7.47. The van der Waals surface area contributed by atoms with Crippen LogP contribution < -0.4 is 10.6 Å². The molecule has 0 aromatic heterocycles. The van der Waals surface area contributed by atoms with E-state index < -0.39 is 18.1 Å². The highest BCUT2D eigenvalue weighted by atomic mass is 19.4. The number of halogens is 3. The predicted octanol–water partition coefficient (Wildman–Crippen LogP) is 1.05. The van der Waals surface area contributed by atoms with Crippen LogP contribution in [0.5, 0.6) is 0 Å². The number of carbonyl (C=O) groups excluding carboxylic acids is 1. The van der Waals surface area contributed by atoms with E-state index in [2.05, 4.69) is 10.6 Å². The molecule has 2 atom stereocenters. The zero-order valence-corrected chi connectivity index (χ0v) is 8.81. The van der Waals surface area contributed by atoms with Gasteiger partial charge < -0.3 is 10.6 Å². The highest BCUT2D eigenvalue weighted by Crippen LogP contribution is 2.33. The van der Waals surface area contributed by atoms with Gasteiger partial charge in [-0.15, -0.1) is 0 Å². The zero-order chi connectivity index (χ0) is 11.8. The maximum Gasteiger partial charge on any atom is 0.395 e. The summed E-state index contributed by atoms with van der Waals surface area (Å²) in [5.74, 6) is -1.29. The van der Waals surface area contributed by atoms with E-state index in [-0.39, 0.29) is 19.0 Å². The van der Waals surface area contributed by atoms with Crippen molar-refractivity contribution in [1.82, 2.24) is 10.6 Å². The molecule has 0 aromatic rings. The monoisotopic (exact) mass is 236 g/mol. The molecule has 92 valence electrons. The maximum atomic E-state index is 12.5. The Kier molecular flexibility index (Phi) is 3.10. The lowest BCUT2D eigenvalue weighted by atomic mass is 10.0. The van der Waals surface area contributed by atoms with Crippen molar-refractivity contribution in [2.45, 2.75) is 31.5 Å². The minimum Gasteiger partial charge on any atom is -0.351 e. The van der Waals surface area contributed by atoms with Gasteiger partial charge in [0.2, 0.25) is 5.91 Å². The van der Waals surface area contributed by atoms with Gasteiger partial charge in [-0.3, -0.25) is 4.79 Å². The Morgan fingerprint density at radius 1 is 1.31 bits per heavy atom. The molecule has 0 bridgehead atoms. The lowest BCUT2D eigenvalue weighted by molar-refractivity contribution is -0.174. The number of hydrogen-bond donors (Lipinski definition) is 2. The molecule has 0 unspecified atom stereocenters. The van der Waals surface area contributed by atoms with E-state index >= 15 is 0 Å². The van der Waals surface area contributed by atoms with Crippen LogP contribution in [0.25, 0.3) is 0 Å². The summed E-state index contributed by atoms with van der Waals surface area (Å²) in [5.41, 5.74) is 0. The van der Waals surface area contributed by atoms with Gasteiger partial charge in [0.05, 0.1) is 12.0 Å². The second-order valence-corrected chi connectivity index (χ2v) is 4.63. The van der Waals surface area contributed by atoms with Crippen LogP contribution in [0.3, 0.4) is 0 Å². The zero-order valence-electron chi connectivity index (χ0n) is 8.81. The van der Waals surface area contributed by atoms with E-state index in [0.717, 1.165) is 12.8 Å². The smallest absolute Gasteiger partial charge is 0.351 e. The molecule has 1 saturated heterocycles. The van der Waals surface area contributed by atoms with Gasteiger partial charge in [-0.2, -0.15) is 13.2 Å². The molecule has 3 nitrogen and oxygen atoms in total. The van der Waals surface area contributed by atoms with Crippen molar-refractivity contribution in [3.63, 3.8) is 0 Å². The molecule has 0 aromatic carbocycles. The van der Waals surface area contributed by atoms with E-state index in [1.54, 1.807) is 0 Å². The molecule has 1 aliphatic heterocycles. The van der Waals surface area contributed by atoms with Crippen molar-refractivity contribution in [3.8, 4) is 0 Å². The second kappa shape index (κ2) is 4.24. The van der Waals surface area contributed by atoms with E-state index in [1.807, 2.05) is 0 Å². The molecule has 0 spiro atoms. The standard InChI is InChI=1S/C10H15F3N2O/c11-10(12,13)7-4-14-5-8(7)15-9(16)3-6-1-2-6/h6-8,14H,1-5H2,(H,15,16)/t7-,8-/m1/s1. The van der Waals surface area contributed by atoms with Crippen molar-refractivity contribution < 1.29 is 18.0 Å². The van der Waals surface area contributed by atoms with Crippen molar-refractivity contribution in [2.75, 3.05) is 13.1 Å². The van der Waals surface area contributed by atoms with Gasteiger partial charge >= 0.3 is 6.18 Å². The van der Waals surface area contributed by atoms with Crippen molar-refractivity contribution in [3.05, 3.63) is 0 Å². The number of rotatable bonds is 3. The van der Waals surface area contributed by atoms with Gasteiger partial charge in [0.25, 0.3) is 0 Å². The van der Waals surface area contributed by atoms with Gasteiger partial charge in [0.15, 0.2) is 0 Å². The summed E-state index contributed by atoms with van der Waals surface area (Å²) >= 11 is 0. The Morgan fingerprint density at radius 3 is 2.56 bits per heavy atom. The summed E-state index contributed by atoms with van der Waals surface area (Å²) < 4.78 is 37.6. The van der Waals surface area contributed by atoms with Crippen molar-refractivity contribution in [1.29, 1.82) is 0 Å². The number of hydrogen-bond acceptors (Lipinski definition) is 2. The summed E-state index contributed by atoms with van der Waals surface area (Å²) in [6.45, 7) is 0.110. The highest BCUT2D eigenvalue weighted by Gasteiger charge is 2.47. The minimum absolute atomic E-state index is 0.0993. The largest absolute Gasteiger partial charge is 0.395 e. The summed E-state index contributed by atoms with van der Waals surface area (Å²) in [6, 6.07) is -0.800. The first-order valence-corrected chi connectivity index (χ1v) is 5.53. The third-order valence-corrected chi connectivity index (χ3v) is 3.15. The third-order valence-electron chi connectivity index (χ3n) is 3.15. The lowest BCUT2D eigenvalue weighted by Gasteiger charge is -2.22. The Bertz CT molecular complexity index is 276. The van der Waals surface area contributed by atoms with Gasteiger partial charge in [0, 0.05) is 19.5 Å². The molecular formula is C10H15F3N2O. The Hall–Kier alpha value is -0.780. The van der Waals surface area contributed by atoms with Crippen LogP contribution in [0.1, 0.15) is 19.3 Å². The SMILES string of the molecule is O=C(CC1CC1)N[C@@H]1CNC[C@H]1C(F)(F)F. The predicted molar refractivity (Wildman–Crippen MR) is 51.7 cm³/mol. The molecule has 2 fully saturated rings. The van der Waals surface area contributed by atoms with Crippen LogP contribution in [0, 0.1) is 11.8 Å². The normalized spacial score (nSPS) is 30.4. The number of nitrogens with one attached hydrogen (secondary N) is 2. The van der Waals surface area contributed by atoms with E-state index in [9.17, 15) is 18.0 Å². The summed E-state index contributed by atoms with van der Waals surface area (Å²) in [5, 5.41) is 5.15. The topological polar surface area (TPSA) is 41.1 Å². The van der Waals surface area contributed by atoms with Gasteiger partial charge in [-0.05, 0) is 18.8 Å². The fraction of sp³-hybridized carbons (Fsp3) is 0.900. The van der Waals surface area contributed by atoms with Crippen LogP contribution in [0.2, 0.25) is 0 Å². The molecule has 1 amide bonds. The Morgan fingerprint density at radius 2 is 2.00 bits per heavy atom. The van der Waals surface area contributed by atoms with Gasteiger partial charge in [0.1, 0.15) is 0 Å². The van der Waals surface area contributed by atoms with Crippen molar-refractivity contribution >= 4 is 5.91 Å². The van der Waals surface area contributed by atoms with Crippen LogP contribution in [-0.2, 0) is 4.79 Å². The van der Waals surface area contributed by atoms with Gasteiger partial charge in [-0.1, -0.05) is 0 Å². The van der Waals surface area contributed by atoms with Crippen molar-refractivity contribution in [2.24, 2.45) is 11.8 Å². The fourth-order valence-corrected chi connectivity index (χ4v) is 2.02. The minimum atomic E-state index is -4.24. The first kappa shape index (κ1) is 11.7. The second-order valence-electron chi connectivity index (χ2n) is 4.63. The molecule has 2 rings (SSSR count). The van der Waals surface area contributed by atoms with E-state index in [4.69, 9.17) is 0 Å². The molecule has 2 aliphatic rings. The summed E-state index contributed by atoms with van der Waals surface area (Å²) in [7, 11) is 0. The number of alkyl halides is 3. The quantitative estimate of drug-likeness (QED) is 0.769. The molecule has 2 N–H and O–H groups in total. The molecule has 1 aliphatic carbocycles. The van der Waals surface area contributed by atoms with Crippen LogP contribution in [-0.4, -0.2) is 31.2 Å². The average Bonchev–Trinajstić information content (AvgIpc) is 2.80. The molecular weight excluding hydrogens is 221 g/mol. The Balaban J connectivity index is 1.85. The maximum absolute atomic E-state index is 12.5. The first-order valence-electron chi connectivity index (χ1n) is 5.53. The molecule has 6 heteroatoms. The summed E-state index contributed by atoms with van der Waals surface area (Å²) in [6.07, 6.45) is -1.81. The summed E-state index contributed by atoms with van der Waals surface area (Å²) in [4.78, 5) is 11.4. The van der Waals surface area contributed by atoms with Crippen LogP contribution in [0.15, 0.2) is 0 Å². The molecule has 1 saturated carbocycles. The molecule has 0 radical (unpaired) electrons.